The van der Waals surface area contributed by atoms with E-state index in [0.29, 0.717) is 12.4 Å². The van der Waals surface area contributed by atoms with Gasteiger partial charge in [0.1, 0.15) is 0 Å². The summed E-state index contributed by atoms with van der Waals surface area (Å²) in [6.45, 7) is 6.85. The van der Waals surface area contributed by atoms with Crippen LogP contribution in [0.25, 0.3) is 0 Å². The summed E-state index contributed by atoms with van der Waals surface area (Å²) in [7, 11) is 1.91. The summed E-state index contributed by atoms with van der Waals surface area (Å²) in [4.78, 5) is 0. The summed E-state index contributed by atoms with van der Waals surface area (Å²) in [6.07, 6.45) is 0.853. The number of nitrogens with one attached hydrogen (secondary N) is 1. The summed E-state index contributed by atoms with van der Waals surface area (Å²) < 4.78 is 1.83. The smallest absolute Gasteiger partial charge is 0.0863 e. The van der Waals surface area contributed by atoms with E-state index in [2.05, 4.69) is 24.3 Å². The molecule has 0 spiro atoms. The van der Waals surface area contributed by atoms with Crippen molar-refractivity contribution in [3.05, 3.63) is 16.4 Å². The van der Waals surface area contributed by atoms with E-state index in [-0.39, 0.29) is 5.54 Å². The van der Waals surface area contributed by atoms with E-state index in [1.165, 1.54) is 0 Å². The second-order valence-electron chi connectivity index (χ2n) is 4.56. The van der Waals surface area contributed by atoms with Crippen molar-refractivity contribution in [2.45, 2.75) is 39.3 Å². The molecule has 16 heavy (non-hydrogen) atoms. The van der Waals surface area contributed by atoms with Gasteiger partial charge in [-0.05, 0) is 20.3 Å². The number of aryl methyl sites for hydroxylation is 2. The van der Waals surface area contributed by atoms with Gasteiger partial charge in [0, 0.05) is 25.0 Å². The van der Waals surface area contributed by atoms with Gasteiger partial charge in [0.25, 0.3) is 0 Å². The monoisotopic (exact) mass is 263 g/mol. The highest BCUT2D eigenvalue weighted by atomic mass is 35.5. The molecular formula is C11H19Cl2N3. The first-order valence-electron chi connectivity index (χ1n) is 5.42. The van der Waals surface area contributed by atoms with Crippen LogP contribution < -0.4 is 5.32 Å². The molecule has 1 heterocycles. The van der Waals surface area contributed by atoms with E-state index in [4.69, 9.17) is 23.2 Å². The van der Waals surface area contributed by atoms with E-state index in [9.17, 15) is 0 Å². The summed E-state index contributed by atoms with van der Waals surface area (Å²) in [5.74, 6) is 0.559. The Labute approximate surface area is 107 Å². The third-order valence-electron chi connectivity index (χ3n) is 2.57. The Kier molecular flexibility index (Phi) is 4.65. The van der Waals surface area contributed by atoms with Crippen LogP contribution in [0.3, 0.4) is 0 Å². The molecule has 1 aromatic heterocycles. The molecular weight excluding hydrogens is 245 g/mol. The molecule has 0 aliphatic carbocycles. The summed E-state index contributed by atoms with van der Waals surface area (Å²) in [5, 5.41) is 8.50. The van der Waals surface area contributed by atoms with Gasteiger partial charge < -0.3 is 5.32 Å². The summed E-state index contributed by atoms with van der Waals surface area (Å²) in [5.41, 5.74) is 1.86. The molecule has 0 fully saturated rings. The number of halogens is 2. The molecule has 0 aliphatic heterocycles. The summed E-state index contributed by atoms with van der Waals surface area (Å²) >= 11 is 12.1. The predicted molar refractivity (Wildman–Crippen MR) is 69.2 cm³/mol. The predicted octanol–water partition coefficient (Wildman–Crippen LogP) is 2.74. The first-order chi connectivity index (χ1) is 7.41. The quantitative estimate of drug-likeness (QED) is 0.829. The van der Waals surface area contributed by atoms with E-state index in [0.717, 1.165) is 22.8 Å². The van der Waals surface area contributed by atoms with Crippen LogP contribution in [-0.4, -0.2) is 21.2 Å². The maximum Gasteiger partial charge on any atom is 0.0863 e. The van der Waals surface area contributed by atoms with E-state index < -0.39 is 0 Å². The fourth-order valence-electron chi connectivity index (χ4n) is 1.38. The third-order valence-corrected chi connectivity index (χ3v) is 3.68. The molecule has 92 valence electrons. The van der Waals surface area contributed by atoms with Gasteiger partial charge >= 0.3 is 0 Å². The number of alkyl halides is 1. The van der Waals surface area contributed by atoms with Gasteiger partial charge in [-0.25, -0.2) is 0 Å². The lowest BCUT2D eigenvalue weighted by Crippen LogP contribution is -2.40. The number of nitrogens with zero attached hydrogens (tertiary/aromatic N) is 2. The van der Waals surface area contributed by atoms with Crippen molar-refractivity contribution in [1.29, 1.82) is 0 Å². The molecule has 0 bridgehead atoms. The van der Waals surface area contributed by atoms with Crippen LogP contribution in [-0.2, 0) is 20.0 Å². The van der Waals surface area contributed by atoms with Gasteiger partial charge in [0.05, 0.1) is 16.4 Å². The average Bonchev–Trinajstić information content (AvgIpc) is 2.51. The first-order valence-corrected chi connectivity index (χ1v) is 6.33. The molecule has 0 saturated carbocycles. The Hall–Kier alpha value is -0.250. The molecule has 3 nitrogen and oxygen atoms in total. The second-order valence-corrected chi connectivity index (χ2v) is 5.20. The van der Waals surface area contributed by atoms with Gasteiger partial charge in [-0.15, -0.1) is 11.6 Å². The van der Waals surface area contributed by atoms with Gasteiger partial charge in [-0.3, -0.25) is 4.68 Å². The van der Waals surface area contributed by atoms with Crippen LogP contribution in [0.1, 0.15) is 32.2 Å². The largest absolute Gasteiger partial charge is 0.305 e. The highest BCUT2D eigenvalue weighted by Gasteiger charge is 2.18. The fourth-order valence-corrected chi connectivity index (χ4v) is 1.84. The lowest BCUT2D eigenvalue weighted by atomic mass is 10.1. The maximum atomic E-state index is 6.25. The zero-order chi connectivity index (χ0) is 12.3. The van der Waals surface area contributed by atoms with Crippen molar-refractivity contribution in [3.8, 4) is 0 Å². The van der Waals surface area contributed by atoms with Crippen LogP contribution in [0, 0.1) is 0 Å². The molecule has 0 aliphatic rings. The molecule has 0 radical (unpaired) electrons. The Morgan fingerprint density at radius 2 is 2.06 bits per heavy atom. The average molecular weight is 264 g/mol. The topological polar surface area (TPSA) is 29.9 Å². The van der Waals surface area contributed by atoms with Crippen molar-refractivity contribution in [1.82, 2.24) is 15.1 Å². The first kappa shape index (κ1) is 13.8. The van der Waals surface area contributed by atoms with Crippen LogP contribution in [0.4, 0.5) is 0 Å². The maximum absolute atomic E-state index is 6.25. The Bertz CT molecular complexity index is 358. The molecule has 0 saturated heterocycles. The van der Waals surface area contributed by atoms with Gasteiger partial charge in [0.15, 0.2) is 0 Å². The molecule has 0 aromatic carbocycles. The van der Waals surface area contributed by atoms with Gasteiger partial charge in [-0.2, -0.15) is 5.10 Å². The van der Waals surface area contributed by atoms with E-state index >= 15 is 0 Å². The van der Waals surface area contributed by atoms with Crippen molar-refractivity contribution in [3.63, 3.8) is 0 Å². The minimum Gasteiger partial charge on any atom is -0.305 e. The normalized spacial score (nSPS) is 12.1. The molecule has 0 unspecified atom stereocenters. The highest BCUT2D eigenvalue weighted by molar-refractivity contribution is 6.31. The summed E-state index contributed by atoms with van der Waals surface area (Å²) in [6, 6.07) is 0. The van der Waals surface area contributed by atoms with Crippen LogP contribution in [0.2, 0.25) is 5.02 Å². The minimum absolute atomic E-state index is 0.0957. The lowest BCUT2D eigenvalue weighted by Gasteiger charge is -2.23. The molecule has 0 atom stereocenters. The highest BCUT2D eigenvalue weighted by Crippen LogP contribution is 2.21. The van der Waals surface area contributed by atoms with Crippen molar-refractivity contribution in [2.75, 3.05) is 5.88 Å². The molecule has 1 aromatic rings. The van der Waals surface area contributed by atoms with Crippen molar-refractivity contribution >= 4 is 23.2 Å². The number of rotatable bonds is 5. The fraction of sp³-hybridized carbons (Fsp3) is 0.727. The Morgan fingerprint density at radius 1 is 1.44 bits per heavy atom. The van der Waals surface area contributed by atoms with E-state index in [1.54, 1.807) is 0 Å². The van der Waals surface area contributed by atoms with E-state index in [1.807, 2.05) is 18.7 Å². The van der Waals surface area contributed by atoms with Gasteiger partial charge in [0.2, 0.25) is 0 Å². The number of aromatic nitrogens is 2. The molecule has 1 rings (SSSR count). The standard InChI is InChI=1S/C11H19Cl2N3/c1-5-8-10(13)9(16(4)15-8)6-14-11(2,3)7-12/h14H,5-7H2,1-4H3. The number of hydrogen-bond donors (Lipinski definition) is 1. The van der Waals surface area contributed by atoms with Crippen LogP contribution >= 0.6 is 23.2 Å². The lowest BCUT2D eigenvalue weighted by molar-refractivity contribution is 0.421. The zero-order valence-electron chi connectivity index (χ0n) is 10.3. The SMILES string of the molecule is CCc1nn(C)c(CNC(C)(C)CCl)c1Cl. The Balaban J connectivity index is 2.78. The van der Waals surface area contributed by atoms with Crippen molar-refractivity contribution < 1.29 is 0 Å². The second kappa shape index (κ2) is 5.39. The minimum atomic E-state index is -0.0957. The number of hydrogen-bond acceptors (Lipinski definition) is 2. The Morgan fingerprint density at radius 3 is 2.50 bits per heavy atom. The van der Waals surface area contributed by atoms with Crippen molar-refractivity contribution in [2.24, 2.45) is 7.05 Å². The third kappa shape index (κ3) is 3.12. The zero-order valence-corrected chi connectivity index (χ0v) is 11.8. The molecule has 0 amide bonds. The van der Waals surface area contributed by atoms with Gasteiger partial charge in [-0.1, -0.05) is 18.5 Å². The molecule has 1 N–H and O–H groups in total. The van der Waals surface area contributed by atoms with Crippen LogP contribution in [0.5, 0.6) is 0 Å². The van der Waals surface area contributed by atoms with Crippen LogP contribution in [0.15, 0.2) is 0 Å². The molecule has 5 heteroatoms.